The van der Waals surface area contributed by atoms with Crippen LogP contribution in [0.15, 0.2) is 18.2 Å². The predicted octanol–water partition coefficient (Wildman–Crippen LogP) is 1.30. The summed E-state index contributed by atoms with van der Waals surface area (Å²) in [5.41, 5.74) is -0.490. The van der Waals surface area contributed by atoms with E-state index in [0.717, 1.165) is 18.2 Å². The van der Waals surface area contributed by atoms with E-state index in [9.17, 15) is 19.3 Å². The van der Waals surface area contributed by atoms with Gasteiger partial charge >= 0.3 is 0 Å². The molecule has 2 N–H and O–H groups in total. The molecule has 0 saturated carbocycles. The van der Waals surface area contributed by atoms with Crippen molar-refractivity contribution in [3.05, 3.63) is 34.1 Å². The third kappa shape index (κ3) is 3.53. The number of ether oxygens (including phenoxy) is 1. The highest BCUT2D eigenvalue weighted by Crippen LogP contribution is 2.26. The van der Waals surface area contributed by atoms with Gasteiger partial charge in [0.25, 0.3) is 5.69 Å². The first-order valence-corrected chi connectivity index (χ1v) is 6.59. The topological polar surface area (TPSA) is 93.5 Å². The lowest BCUT2D eigenvalue weighted by atomic mass is 10.0. The Morgan fingerprint density at radius 3 is 2.95 bits per heavy atom. The summed E-state index contributed by atoms with van der Waals surface area (Å²) in [7, 11) is 0. The van der Waals surface area contributed by atoms with Gasteiger partial charge in [0.2, 0.25) is 5.91 Å². The van der Waals surface area contributed by atoms with Crippen molar-refractivity contribution < 1.29 is 18.8 Å². The predicted molar refractivity (Wildman–Crippen MR) is 73.5 cm³/mol. The van der Waals surface area contributed by atoms with Gasteiger partial charge in [-0.2, -0.15) is 0 Å². The fraction of sp³-hybridized carbons (Fsp3) is 0.462. The maximum absolute atomic E-state index is 13.2. The molecule has 2 atom stereocenters. The lowest BCUT2D eigenvalue weighted by Gasteiger charge is -2.17. The number of carbonyl (C=O) groups is 1. The molecular formula is C13H16FN3O4. The quantitative estimate of drug-likeness (QED) is 0.631. The van der Waals surface area contributed by atoms with Gasteiger partial charge in [0.05, 0.1) is 24.1 Å². The average molecular weight is 297 g/mol. The van der Waals surface area contributed by atoms with E-state index in [1.807, 2.05) is 6.92 Å². The zero-order valence-corrected chi connectivity index (χ0v) is 11.5. The number of hydrogen-bond donors (Lipinski definition) is 2. The lowest BCUT2D eigenvalue weighted by Crippen LogP contribution is -2.41. The summed E-state index contributed by atoms with van der Waals surface area (Å²) in [6.45, 7) is 3.21. The number of rotatable bonds is 5. The molecule has 0 aromatic heterocycles. The van der Waals surface area contributed by atoms with Crippen LogP contribution in [0.2, 0.25) is 0 Å². The van der Waals surface area contributed by atoms with E-state index in [4.69, 9.17) is 4.74 Å². The van der Waals surface area contributed by atoms with Crippen LogP contribution in [0.25, 0.3) is 0 Å². The molecule has 0 bridgehead atoms. The number of amides is 1. The number of nitro benzene ring substituents is 1. The molecule has 1 aromatic rings. The Morgan fingerprint density at radius 2 is 2.29 bits per heavy atom. The van der Waals surface area contributed by atoms with Crippen molar-refractivity contribution >= 4 is 17.3 Å². The Labute approximate surface area is 120 Å². The maximum Gasteiger partial charge on any atom is 0.292 e. The van der Waals surface area contributed by atoms with Gasteiger partial charge in [0.15, 0.2) is 0 Å². The molecule has 2 unspecified atom stereocenters. The Bertz CT molecular complexity index is 552. The molecule has 1 fully saturated rings. The fourth-order valence-electron chi connectivity index (χ4n) is 2.27. The molecule has 114 valence electrons. The highest BCUT2D eigenvalue weighted by atomic mass is 19.1. The Hall–Kier alpha value is -2.06. The van der Waals surface area contributed by atoms with Gasteiger partial charge in [-0.15, -0.1) is 0 Å². The van der Waals surface area contributed by atoms with Crippen molar-refractivity contribution in [1.82, 2.24) is 5.32 Å². The molecule has 1 heterocycles. The molecule has 8 heteroatoms. The second-order valence-electron chi connectivity index (χ2n) is 4.72. The standard InChI is InChI=1S/C13H16FN3O4/c1-2-15-11-7-21-6-9(11)13(18)16-10-5-8(14)3-4-12(10)17(19)20/h3-5,9,11,15H,2,6-7H2,1H3,(H,16,18). The molecule has 1 aliphatic heterocycles. The first kappa shape index (κ1) is 15.3. The third-order valence-electron chi connectivity index (χ3n) is 3.30. The minimum atomic E-state index is -0.665. The van der Waals surface area contributed by atoms with Gasteiger partial charge in [-0.05, 0) is 12.6 Å². The zero-order valence-electron chi connectivity index (χ0n) is 11.5. The number of carbonyl (C=O) groups excluding carboxylic acids is 1. The van der Waals surface area contributed by atoms with E-state index in [1.165, 1.54) is 0 Å². The number of nitrogens with zero attached hydrogens (tertiary/aromatic N) is 1. The number of likely N-dealkylation sites (N-methyl/N-ethyl adjacent to an activating group) is 1. The molecule has 1 aromatic carbocycles. The fourth-order valence-corrected chi connectivity index (χ4v) is 2.27. The molecule has 21 heavy (non-hydrogen) atoms. The molecule has 0 radical (unpaired) electrons. The minimum Gasteiger partial charge on any atom is -0.379 e. The normalized spacial score (nSPS) is 21.2. The number of hydrogen-bond acceptors (Lipinski definition) is 5. The Morgan fingerprint density at radius 1 is 1.52 bits per heavy atom. The molecule has 7 nitrogen and oxygen atoms in total. The number of nitro groups is 1. The molecule has 1 amide bonds. The van der Waals surface area contributed by atoms with E-state index in [-0.39, 0.29) is 24.0 Å². The maximum atomic E-state index is 13.2. The van der Waals surface area contributed by atoms with E-state index < -0.39 is 22.6 Å². The second kappa shape index (κ2) is 6.59. The van der Waals surface area contributed by atoms with Crippen molar-refractivity contribution in [2.45, 2.75) is 13.0 Å². The number of benzene rings is 1. The van der Waals surface area contributed by atoms with Crippen molar-refractivity contribution in [2.75, 3.05) is 25.1 Å². The summed E-state index contributed by atoms with van der Waals surface area (Å²) in [4.78, 5) is 22.4. The number of nitrogens with one attached hydrogen (secondary N) is 2. The van der Waals surface area contributed by atoms with E-state index >= 15 is 0 Å². The lowest BCUT2D eigenvalue weighted by molar-refractivity contribution is -0.384. The van der Waals surface area contributed by atoms with Gasteiger partial charge in [-0.25, -0.2) is 4.39 Å². The molecule has 0 spiro atoms. The molecule has 0 aliphatic carbocycles. The van der Waals surface area contributed by atoms with Crippen molar-refractivity contribution in [2.24, 2.45) is 5.92 Å². The number of halogens is 1. The summed E-state index contributed by atoms with van der Waals surface area (Å²) >= 11 is 0. The van der Waals surface area contributed by atoms with Gasteiger partial charge in [-0.1, -0.05) is 6.92 Å². The highest BCUT2D eigenvalue weighted by molar-refractivity contribution is 5.95. The van der Waals surface area contributed by atoms with Crippen LogP contribution >= 0.6 is 0 Å². The molecule has 1 aliphatic rings. The summed E-state index contributed by atoms with van der Waals surface area (Å²) < 4.78 is 18.5. The van der Waals surface area contributed by atoms with E-state index in [1.54, 1.807) is 0 Å². The monoisotopic (exact) mass is 297 g/mol. The molecule has 2 rings (SSSR count). The molecule has 1 saturated heterocycles. The van der Waals surface area contributed by atoms with Gasteiger partial charge in [-0.3, -0.25) is 14.9 Å². The summed E-state index contributed by atoms with van der Waals surface area (Å²) in [5, 5.41) is 16.4. The number of anilines is 1. The van der Waals surface area contributed by atoms with Crippen molar-refractivity contribution in [3.63, 3.8) is 0 Å². The van der Waals surface area contributed by atoms with E-state index in [0.29, 0.717) is 13.2 Å². The summed E-state index contributed by atoms with van der Waals surface area (Å²) in [6.07, 6.45) is 0. The Balaban J connectivity index is 2.16. The van der Waals surface area contributed by atoms with Crippen molar-refractivity contribution in [3.8, 4) is 0 Å². The third-order valence-corrected chi connectivity index (χ3v) is 3.30. The van der Waals surface area contributed by atoms with Gasteiger partial charge < -0.3 is 15.4 Å². The highest BCUT2D eigenvalue weighted by Gasteiger charge is 2.34. The van der Waals surface area contributed by atoms with Crippen LogP contribution in [-0.4, -0.2) is 36.6 Å². The largest absolute Gasteiger partial charge is 0.379 e. The summed E-state index contributed by atoms with van der Waals surface area (Å²) in [6, 6.07) is 2.79. The van der Waals surface area contributed by atoms with Crippen LogP contribution in [0, 0.1) is 21.8 Å². The van der Waals surface area contributed by atoms with Crippen LogP contribution in [0.1, 0.15) is 6.92 Å². The smallest absolute Gasteiger partial charge is 0.292 e. The van der Waals surface area contributed by atoms with Crippen LogP contribution in [0.3, 0.4) is 0 Å². The van der Waals surface area contributed by atoms with E-state index in [2.05, 4.69) is 10.6 Å². The van der Waals surface area contributed by atoms with Crippen LogP contribution < -0.4 is 10.6 Å². The first-order chi connectivity index (χ1) is 10.0. The van der Waals surface area contributed by atoms with Crippen LogP contribution in [-0.2, 0) is 9.53 Å². The SMILES string of the molecule is CCNC1COCC1C(=O)Nc1cc(F)ccc1[N+](=O)[O-]. The average Bonchev–Trinajstić information content (AvgIpc) is 2.87. The van der Waals surface area contributed by atoms with Gasteiger partial charge in [0.1, 0.15) is 11.5 Å². The second-order valence-corrected chi connectivity index (χ2v) is 4.72. The van der Waals surface area contributed by atoms with Crippen LogP contribution in [0.4, 0.5) is 15.8 Å². The molecular weight excluding hydrogens is 281 g/mol. The zero-order chi connectivity index (χ0) is 15.4. The summed E-state index contributed by atoms with van der Waals surface area (Å²) in [5.74, 6) is -1.54. The van der Waals surface area contributed by atoms with Gasteiger partial charge in [0, 0.05) is 18.2 Å². The first-order valence-electron chi connectivity index (χ1n) is 6.59. The minimum absolute atomic E-state index is 0.146. The van der Waals surface area contributed by atoms with Crippen molar-refractivity contribution in [1.29, 1.82) is 0 Å². The van der Waals surface area contributed by atoms with Crippen LogP contribution in [0.5, 0.6) is 0 Å². The Kier molecular flexibility index (Phi) is 4.81.